The van der Waals surface area contributed by atoms with Crippen molar-refractivity contribution in [2.75, 3.05) is 34.3 Å². The summed E-state index contributed by atoms with van der Waals surface area (Å²) in [4.78, 5) is 11.9. The van der Waals surface area contributed by atoms with Gasteiger partial charge in [0, 0.05) is 4.32 Å². The van der Waals surface area contributed by atoms with Crippen LogP contribution in [0.3, 0.4) is 0 Å². The van der Waals surface area contributed by atoms with Crippen LogP contribution >= 0.6 is 15.9 Å². The lowest BCUT2D eigenvalue weighted by atomic mass is 10.0. The van der Waals surface area contributed by atoms with E-state index in [0.29, 0.717) is 12.2 Å². The number of quaternary nitrogens is 1. The summed E-state index contributed by atoms with van der Waals surface area (Å²) in [6.07, 6.45) is 0. The number of halogens is 1. The van der Waals surface area contributed by atoms with E-state index in [2.05, 4.69) is 50.9 Å². The minimum Gasteiger partial charge on any atom is -0.456 e. The van der Waals surface area contributed by atoms with E-state index in [9.17, 15) is 4.79 Å². The Hall–Kier alpha value is -0.870. The molecule has 0 unspecified atom stereocenters. The Morgan fingerprint density at radius 2 is 1.74 bits per heavy atom. The Morgan fingerprint density at radius 1 is 1.21 bits per heavy atom. The Morgan fingerprint density at radius 3 is 2.16 bits per heavy atom. The Balaban J connectivity index is 2.59. The van der Waals surface area contributed by atoms with Gasteiger partial charge in [-0.15, -0.1) is 0 Å². The molecule has 0 saturated carbocycles. The molecule has 0 bridgehead atoms. The van der Waals surface area contributed by atoms with E-state index >= 15 is 0 Å². The second-order valence-corrected chi connectivity index (χ2v) is 8.18. The Labute approximate surface area is 124 Å². The number of carbonyl (C=O) groups excluding carboxylic acids is 1. The molecule has 0 amide bonds. The normalized spacial score (nSPS) is 12.3. The number of ether oxygens (including phenoxy) is 1. The van der Waals surface area contributed by atoms with E-state index in [0.717, 1.165) is 16.6 Å². The molecule has 0 fully saturated rings. The molecule has 0 aliphatic carbocycles. The predicted molar refractivity (Wildman–Crippen MR) is 81.6 cm³/mol. The maximum Gasteiger partial charge on any atom is 0.338 e. The second-order valence-electron chi connectivity index (χ2n) is 6.20. The van der Waals surface area contributed by atoms with E-state index in [1.54, 1.807) is 0 Å². The van der Waals surface area contributed by atoms with Crippen molar-refractivity contribution < 1.29 is 14.0 Å². The first-order valence-corrected chi connectivity index (χ1v) is 7.16. The number of hydrogen-bond donors (Lipinski definition) is 0. The van der Waals surface area contributed by atoms with Gasteiger partial charge >= 0.3 is 5.97 Å². The fourth-order valence-corrected chi connectivity index (χ4v) is 1.76. The van der Waals surface area contributed by atoms with Crippen LogP contribution in [0.25, 0.3) is 0 Å². The van der Waals surface area contributed by atoms with Crippen molar-refractivity contribution in [2.45, 2.75) is 18.2 Å². The summed E-state index contributed by atoms with van der Waals surface area (Å²) in [5.74, 6) is -0.257. The largest absolute Gasteiger partial charge is 0.456 e. The first kappa shape index (κ1) is 16.2. The Bertz CT molecular complexity index is 427. The van der Waals surface area contributed by atoms with Gasteiger partial charge < -0.3 is 9.22 Å². The summed E-state index contributed by atoms with van der Waals surface area (Å²) in [5.41, 5.74) is 1.73. The molecular formula is C15H23BrNO2+. The van der Waals surface area contributed by atoms with Crippen LogP contribution in [0.15, 0.2) is 24.3 Å². The number of carbonyl (C=O) groups is 1. The van der Waals surface area contributed by atoms with Crippen LogP contribution < -0.4 is 0 Å². The van der Waals surface area contributed by atoms with E-state index in [-0.39, 0.29) is 10.3 Å². The zero-order chi connectivity index (χ0) is 14.7. The summed E-state index contributed by atoms with van der Waals surface area (Å²) in [6, 6.07) is 7.52. The maximum absolute atomic E-state index is 11.9. The third kappa shape index (κ3) is 5.74. The lowest BCUT2D eigenvalue weighted by Crippen LogP contribution is -2.38. The fourth-order valence-electron chi connectivity index (χ4n) is 1.50. The molecule has 0 atom stereocenters. The molecule has 3 nitrogen and oxygen atoms in total. The second kappa shape index (κ2) is 6.06. The molecule has 19 heavy (non-hydrogen) atoms. The molecule has 0 aromatic heterocycles. The van der Waals surface area contributed by atoms with E-state index in [4.69, 9.17) is 4.74 Å². The summed E-state index contributed by atoms with van der Waals surface area (Å²) in [7, 11) is 6.21. The van der Waals surface area contributed by atoms with Crippen molar-refractivity contribution in [1.29, 1.82) is 0 Å². The summed E-state index contributed by atoms with van der Waals surface area (Å²) in [6.45, 7) is 5.38. The molecule has 0 heterocycles. The first-order chi connectivity index (χ1) is 8.59. The molecule has 1 aromatic rings. The van der Waals surface area contributed by atoms with E-state index < -0.39 is 0 Å². The number of hydrogen-bond acceptors (Lipinski definition) is 2. The van der Waals surface area contributed by atoms with E-state index in [1.807, 2.05) is 24.3 Å². The molecule has 0 saturated heterocycles. The van der Waals surface area contributed by atoms with Gasteiger partial charge in [-0.3, -0.25) is 0 Å². The van der Waals surface area contributed by atoms with Crippen molar-refractivity contribution in [3.8, 4) is 0 Å². The average Bonchev–Trinajstić information content (AvgIpc) is 2.26. The molecule has 1 aromatic carbocycles. The highest BCUT2D eigenvalue weighted by atomic mass is 79.9. The number of esters is 1. The van der Waals surface area contributed by atoms with Crippen molar-refractivity contribution >= 4 is 21.9 Å². The van der Waals surface area contributed by atoms with Gasteiger partial charge in [-0.05, 0) is 31.5 Å². The molecule has 0 spiro atoms. The molecule has 0 radical (unpaired) electrons. The summed E-state index contributed by atoms with van der Waals surface area (Å²) >= 11 is 3.59. The monoisotopic (exact) mass is 328 g/mol. The van der Waals surface area contributed by atoms with Crippen molar-refractivity contribution in [1.82, 2.24) is 0 Å². The summed E-state index contributed by atoms with van der Waals surface area (Å²) < 4.78 is 5.96. The molecule has 0 aliphatic rings. The SMILES string of the molecule is CC(C)(Br)c1ccc(C(=O)OCC[N+](C)(C)C)cc1. The zero-order valence-corrected chi connectivity index (χ0v) is 14.0. The van der Waals surface area contributed by atoms with Crippen molar-refractivity contribution in [3.05, 3.63) is 35.4 Å². The van der Waals surface area contributed by atoms with Crippen LogP contribution in [0.2, 0.25) is 0 Å². The van der Waals surface area contributed by atoms with Gasteiger partial charge in [-0.1, -0.05) is 28.1 Å². The zero-order valence-electron chi connectivity index (χ0n) is 12.4. The number of nitrogens with zero attached hydrogens (tertiary/aromatic N) is 1. The highest BCUT2D eigenvalue weighted by Crippen LogP contribution is 2.29. The highest BCUT2D eigenvalue weighted by Gasteiger charge is 2.17. The fraction of sp³-hybridized carbons (Fsp3) is 0.533. The Kier molecular flexibility index (Phi) is 5.16. The van der Waals surface area contributed by atoms with Crippen LogP contribution in [0, 0.1) is 0 Å². The number of rotatable bonds is 5. The van der Waals surface area contributed by atoms with Gasteiger partial charge in [0.25, 0.3) is 0 Å². The number of likely N-dealkylation sites (N-methyl/N-ethyl adjacent to an activating group) is 1. The molecule has 0 N–H and O–H groups in total. The average molecular weight is 329 g/mol. The quantitative estimate of drug-likeness (QED) is 0.471. The van der Waals surface area contributed by atoms with Crippen LogP contribution in [0.4, 0.5) is 0 Å². The molecular weight excluding hydrogens is 306 g/mol. The maximum atomic E-state index is 11.9. The summed E-state index contributed by atoms with van der Waals surface area (Å²) in [5, 5.41) is 0. The minimum atomic E-state index is -0.257. The molecule has 1 rings (SSSR count). The smallest absolute Gasteiger partial charge is 0.338 e. The van der Waals surface area contributed by atoms with Gasteiger partial charge in [0.2, 0.25) is 0 Å². The first-order valence-electron chi connectivity index (χ1n) is 6.37. The lowest BCUT2D eigenvalue weighted by Gasteiger charge is -2.23. The van der Waals surface area contributed by atoms with Gasteiger partial charge in [0.15, 0.2) is 0 Å². The van der Waals surface area contributed by atoms with Gasteiger partial charge in [-0.2, -0.15) is 0 Å². The standard InChI is InChI=1S/C15H23BrNO2/c1-15(2,16)13-8-6-12(7-9-13)14(18)19-11-10-17(3,4)5/h6-9H,10-11H2,1-5H3/q+1. The topological polar surface area (TPSA) is 26.3 Å². The van der Waals surface area contributed by atoms with Crippen LogP contribution in [-0.4, -0.2) is 44.7 Å². The van der Waals surface area contributed by atoms with Crippen molar-refractivity contribution in [3.63, 3.8) is 0 Å². The van der Waals surface area contributed by atoms with Gasteiger partial charge in [-0.25, -0.2) is 4.79 Å². The van der Waals surface area contributed by atoms with Crippen LogP contribution in [-0.2, 0) is 9.06 Å². The van der Waals surface area contributed by atoms with Gasteiger partial charge in [0.1, 0.15) is 13.2 Å². The van der Waals surface area contributed by atoms with Crippen LogP contribution in [0.1, 0.15) is 29.8 Å². The molecule has 106 valence electrons. The highest BCUT2D eigenvalue weighted by molar-refractivity contribution is 9.09. The molecule has 4 heteroatoms. The lowest BCUT2D eigenvalue weighted by molar-refractivity contribution is -0.870. The predicted octanol–water partition coefficient (Wildman–Crippen LogP) is 3.18. The van der Waals surface area contributed by atoms with E-state index in [1.165, 1.54) is 0 Å². The minimum absolute atomic E-state index is 0.0842. The van der Waals surface area contributed by atoms with Gasteiger partial charge in [0.05, 0.1) is 26.7 Å². The van der Waals surface area contributed by atoms with Crippen LogP contribution in [0.5, 0.6) is 0 Å². The third-order valence-electron chi connectivity index (χ3n) is 2.80. The van der Waals surface area contributed by atoms with Crippen molar-refractivity contribution in [2.24, 2.45) is 0 Å². The molecule has 0 aliphatic heterocycles. The number of benzene rings is 1. The third-order valence-corrected chi connectivity index (χ3v) is 3.26. The number of alkyl halides is 1.